The van der Waals surface area contributed by atoms with E-state index in [-0.39, 0.29) is 10.9 Å². The second-order valence-corrected chi connectivity index (χ2v) is 7.38. The van der Waals surface area contributed by atoms with Gasteiger partial charge in [0.25, 0.3) is 0 Å². The first-order valence-electron chi connectivity index (χ1n) is 6.98. The van der Waals surface area contributed by atoms with E-state index in [0.717, 1.165) is 24.8 Å². The molecule has 0 aromatic heterocycles. The van der Waals surface area contributed by atoms with Crippen molar-refractivity contribution >= 4 is 32.4 Å². The van der Waals surface area contributed by atoms with Gasteiger partial charge < -0.3 is 5.32 Å². The molecule has 2 N–H and O–H groups in total. The Hall–Kier alpha value is -1.14. The molecule has 1 atom stereocenters. The molecule has 112 valence electrons. The predicted molar refractivity (Wildman–Crippen MR) is 85.2 cm³/mol. The van der Waals surface area contributed by atoms with E-state index < -0.39 is 10.0 Å². The molecular weight excluding hydrogens is 308 g/mol. The first-order chi connectivity index (χ1) is 10.1. The minimum Gasteiger partial charge on any atom is -0.313 e. The summed E-state index contributed by atoms with van der Waals surface area (Å²) < 4.78 is 27.8. The summed E-state index contributed by atoms with van der Waals surface area (Å²) in [5.74, 6) is 0. The number of benzene rings is 2. The lowest BCUT2D eigenvalue weighted by Gasteiger charge is -2.13. The van der Waals surface area contributed by atoms with Crippen LogP contribution in [0.2, 0.25) is 5.02 Å². The maximum absolute atomic E-state index is 12.5. The first-order valence-corrected chi connectivity index (χ1v) is 8.84. The van der Waals surface area contributed by atoms with Crippen LogP contribution >= 0.6 is 11.6 Å². The Bertz CT molecular complexity index is 755. The Morgan fingerprint density at radius 1 is 1.19 bits per heavy atom. The Kier molecular flexibility index (Phi) is 4.17. The number of nitrogens with one attached hydrogen (secondary N) is 2. The summed E-state index contributed by atoms with van der Waals surface area (Å²) in [6, 6.07) is 10.7. The first kappa shape index (κ1) is 14.8. The van der Waals surface area contributed by atoms with Gasteiger partial charge in [0.05, 0.1) is 4.90 Å². The quantitative estimate of drug-likeness (QED) is 0.908. The van der Waals surface area contributed by atoms with Gasteiger partial charge in [-0.15, -0.1) is 0 Å². The molecule has 21 heavy (non-hydrogen) atoms. The van der Waals surface area contributed by atoms with E-state index in [4.69, 9.17) is 11.6 Å². The molecule has 3 rings (SSSR count). The fourth-order valence-corrected chi connectivity index (χ4v) is 4.21. The largest absolute Gasteiger partial charge is 0.313 e. The van der Waals surface area contributed by atoms with Crippen molar-refractivity contribution in [2.24, 2.45) is 0 Å². The second kappa shape index (κ2) is 5.93. The van der Waals surface area contributed by atoms with E-state index in [1.807, 2.05) is 18.2 Å². The summed E-state index contributed by atoms with van der Waals surface area (Å²) in [4.78, 5) is 0.278. The zero-order valence-corrected chi connectivity index (χ0v) is 13.0. The molecule has 0 bridgehead atoms. The van der Waals surface area contributed by atoms with Crippen molar-refractivity contribution in [3.63, 3.8) is 0 Å². The molecule has 4 nitrogen and oxygen atoms in total. The zero-order valence-electron chi connectivity index (χ0n) is 11.5. The molecule has 1 fully saturated rings. The Labute approximate surface area is 129 Å². The van der Waals surface area contributed by atoms with Gasteiger partial charge >= 0.3 is 0 Å². The van der Waals surface area contributed by atoms with Crippen LogP contribution in [-0.4, -0.2) is 27.5 Å². The third-order valence-electron chi connectivity index (χ3n) is 3.80. The highest BCUT2D eigenvalue weighted by Gasteiger charge is 2.21. The molecule has 1 aliphatic heterocycles. The summed E-state index contributed by atoms with van der Waals surface area (Å²) in [7, 11) is -3.54. The SMILES string of the molecule is O=S(=O)(NCC1CCCN1)c1ccc(Cl)c2ccccc12. The minimum absolute atomic E-state index is 0.221. The molecular formula is C15H17ClN2O2S. The lowest BCUT2D eigenvalue weighted by atomic mass is 10.1. The van der Waals surface area contributed by atoms with Gasteiger partial charge in [-0.2, -0.15) is 0 Å². The highest BCUT2D eigenvalue weighted by molar-refractivity contribution is 7.89. The van der Waals surface area contributed by atoms with E-state index in [1.165, 1.54) is 0 Å². The lowest BCUT2D eigenvalue weighted by molar-refractivity contribution is 0.552. The highest BCUT2D eigenvalue weighted by Crippen LogP contribution is 2.29. The van der Waals surface area contributed by atoms with Crippen molar-refractivity contribution in [3.8, 4) is 0 Å². The normalized spacial score (nSPS) is 19.2. The van der Waals surface area contributed by atoms with Crippen molar-refractivity contribution in [3.05, 3.63) is 41.4 Å². The fraction of sp³-hybridized carbons (Fsp3) is 0.333. The van der Waals surface area contributed by atoms with Crippen LogP contribution in [0.3, 0.4) is 0 Å². The van der Waals surface area contributed by atoms with Crippen LogP contribution in [0.1, 0.15) is 12.8 Å². The van der Waals surface area contributed by atoms with Gasteiger partial charge in [0.15, 0.2) is 0 Å². The molecule has 1 heterocycles. The Morgan fingerprint density at radius 2 is 1.95 bits per heavy atom. The van der Waals surface area contributed by atoms with E-state index in [2.05, 4.69) is 10.0 Å². The molecule has 0 amide bonds. The van der Waals surface area contributed by atoms with Gasteiger partial charge in [-0.05, 0) is 31.5 Å². The molecule has 0 saturated carbocycles. The standard InChI is InChI=1S/C15H17ClN2O2S/c16-14-7-8-15(13-6-2-1-5-12(13)14)21(19,20)18-10-11-4-3-9-17-11/h1-2,5-8,11,17-18H,3-4,9-10H2. The van der Waals surface area contributed by atoms with E-state index >= 15 is 0 Å². The van der Waals surface area contributed by atoms with Gasteiger partial charge in [-0.1, -0.05) is 35.9 Å². The van der Waals surface area contributed by atoms with Crippen LogP contribution in [0.15, 0.2) is 41.3 Å². The summed E-state index contributed by atoms with van der Waals surface area (Å²) in [6.07, 6.45) is 2.10. The molecule has 1 unspecified atom stereocenters. The fourth-order valence-electron chi connectivity index (χ4n) is 2.69. The van der Waals surface area contributed by atoms with Crippen molar-refractivity contribution in [1.82, 2.24) is 10.0 Å². The number of halogens is 1. The Morgan fingerprint density at radius 3 is 2.67 bits per heavy atom. The summed E-state index contributed by atoms with van der Waals surface area (Å²) >= 11 is 6.13. The van der Waals surface area contributed by atoms with Crippen LogP contribution in [0.4, 0.5) is 0 Å². The van der Waals surface area contributed by atoms with Crippen LogP contribution in [0.25, 0.3) is 10.8 Å². The molecule has 2 aromatic carbocycles. The zero-order chi connectivity index (χ0) is 14.9. The van der Waals surface area contributed by atoms with Crippen molar-refractivity contribution in [2.75, 3.05) is 13.1 Å². The van der Waals surface area contributed by atoms with Crippen molar-refractivity contribution < 1.29 is 8.42 Å². The highest BCUT2D eigenvalue weighted by atomic mass is 35.5. The number of rotatable bonds is 4. The van der Waals surface area contributed by atoms with Gasteiger partial charge in [-0.3, -0.25) is 0 Å². The smallest absolute Gasteiger partial charge is 0.241 e. The number of sulfonamides is 1. The van der Waals surface area contributed by atoms with Gasteiger partial charge in [-0.25, -0.2) is 13.1 Å². The molecule has 0 spiro atoms. The molecule has 0 aliphatic carbocycles. The number of fused-ring (bicyclic) bond motifs is 1. The van der Waals surface area contributed by atoms with Crippen LogP contribution < -0.4 is 10.0 Å². The number of hydrogen-bond acceptors (Lipinski definition) is 3. The van der Waals surface area contributed by atoms with Crippen molar-refractivity contribution in [1.29, 1.82) is 0 Å². The lowest BCUT2D eigenvalue weighted by Crippen LogP contribution is -2.37. The average Bonchev–Trinajstić information content (AvgIpc) is 2.99. The van der Waals surface area contributed by atoms with E-state index in [1.54, 1.807) is 18.2 Å². The van der Waals surface area contributed by atoms with E-state index in [0.29, 0.717) is 17.0 Å². The topological polar surface area (TPSA) is 58.2 Å². The third kappa shape index (κ3) is 3.06. The maximum Gasteiger partial charge on any atom is 0.241 e. The number of hydrogen-bond donors (Lipinski definition) is 2. The van der Waals surface area contributed by atoms with Gasteiger partial charge in [0, 0.05) is 28.4 Å². The predicted octanol–water partition coefficient (Wildman–Crippen LogP) is 2.52. The van der Waals surface area contributed by atoms with Crippen molar-refractivity contribution in [2.45, 2.75) is 23.8 Å². The summed E-state index contributed by atoms with van der Waals surface area (Å²) in [5, 5.41) is 5.24. The summed E-state index contributed by atoms with van der Waals surface area (Å²) in [5.41, 5.74) is 0. The molecule has 1 saturated heterocycles. The average molecular weight is 325 g/mol. The van der Waals surface area contributed by atoms with Crippen LogP contribution in [0.5, 0.6) is 0 Å². The monoisotopic (exact) mass is 324 g/mol. The molecule has 2 aromatic rings. The molecule has 1 aliphatic rings. The van der Waals surface area contributed by atoms with Gasteiger partial charge in [0.2, 0.25) is 10.0 Å². The third-order valence-corrected chi connectivity index (χ3v) is 5.61. The second-order valence-electron chi connectivity index (χ2n) is 5.24. The van der Waals surface area contributed by atoms with Crippen LogP contribution in [0, 0.1) is 0 Å². The molecule has 6 heteroatoms. The Balaban J connectivity index is 1.93. The maximum atomic E-state index is 12.5. The van der Waals surface area contributed by atoms with Gasteiger partial charge in [0.1, 0.15) is 0 Å². The van der Waals surface area contributed by atoms with Crippen LogP contribution in [-0.2, 0) is 10.0 Å². The minimum atomic E-state index is -3.54. The summed E-state index contributed by atoms with van der Waals surface area (Å²) in [6.45, 7) is 1.37. The molecule has 0 radical (unpaired) electrons. The van der Waals surface area contributed by atoms with E-state index in [9.17, 15) is 8.42 Å².